The quantitative estimate of drug-likeness (QED) is 0.874. The molecule has 0 unspecified atom stereocenters. The Balaban J connectivity index is 2.32. The van der Waals surface area contributed by atoms with Gasteiger partial charge in [0.2, 0.25) is 0 Å². The Morgan fingerprint density at radius 2 is 2.10 bits per heavy atom. The number of halogens is 1. The Morgan fingerprint density at radius 3 is 2.80 bits per heavy atom. The van der Waals surface area contributed by atoms with Crippen molar-refractivity contribution in [2.45, 2.75) is 40.3 Å². The van der Waals surface area contributed by atoms with E-state index in [4.69, 9.17) is 0 Å². The molecule has 2 rings (SSSR count). The van der Waals surface area contributed by atoms with Crippen LogP contribution in [-0.2, 0) is 13.1 Å². The fourth-order valence-electron chi connectivity index (χ4n) is 2.28. The van der Waals surface area contributed by atoms with Gasteiger partial charge in [0.1, 0.15) is 5.82 Å². The summed E-state index contributed by atoms with van der Waals surface area (Å²) in [6.07, 6.45) is 3.10. The number of nitrogens with zero attached hydrogens (tertiary/aromatic N) is 2. The lowest BCUT2D eigenvalue weighted by atomic mass is 10.0. The van der Waals surface area contributed by atoms with Crippen molar-refractivity contribution in [3.63, 3.8) is 0 Å². The molecule has 1 aromatic carbocycles. The third kappa shape index (κ3) is 3.25. The molecule has 0 bridgehead atoms. The van der Waals surface area contributed by atoms with Crippen LogP contribution in [0.3, 0.4) is 0 Å². The van der Waals surface area contributed by atoms with Gasteiger partial charge in [0.15, 0.2) is 0 Å². The summed E-state index contributed by atoms with van der Waals surface area (Å²) in [7, 11) is 0. The fraction of sp³-hybridized carbons (Fsp3) is 0.438. The average molecular weight is 275 g/mol. The van der Waals surface area contributed by atoms with Crippen molar-refractivity contribution in [1.29, 1.82) is 0 Å². The van der Waals surface area contributed by atoms with Gasteiger partial charge >= 0.3 is 0 Å². The van der Waals surface area contributed by atoms with Crippen LogP contribution >= 0.6 is 0 Å². The Labute approximate surface area is 119 Å². The molecule has 0 aliphatic heterocycles. The molecule has 1 aromatic heterocycles. The number of rotatable bonds is 6. The second-order valence-electron chi connectivity index (χ2n) is 4.98. The van der Waals surface area contributed by atoms with Crippen LogP contribution in [0.5, 0.6) is 0 Å². The first-order valence-electron chi connectivity index (χ1n) is 7.19. The van der Waals surface area contributed by atoms with Crippen molar-refractivity contribution in [1.82, 2.24) is 15.1 Å². The first kappa shape index (κ1) is 14.7. The van der Waals surface area contributed by atoms with Gasteiger partial charge in [0, 0.05) is 30.4 Å². The lowest BCUT2D eigenvalue weighted by Crippen LogP contribution is -2.12. The molecular weight excluding hydrogens is 253 g/mol. The van der Waals surface area contributed by atoms with Gasteiger partial charge in [-0.15, -0.1) is 0 Å². The maximum atomic E-state index is 13.8. The lowest BCUT2D eigenvalue weighted by molar-refractivity contribution is 0.593. The Morgan fingerprint density at radius 1 is 1.30 bits per heavy atom. The van der Waals surface area contributed by atoms with Gasteiger partial charge in [-0.05, 0) is 37.6 Å². The van der Waals surface area contributed by atoms with Crippen LogP contribution in [0.4, 0.5) is 4.39 Å². The molecule has 0 spiro atoms. The summed E-state index contributed by atoms with van der Waals surface area (Å²) in [6.45, 7) is 8.43. The predicted octanol–water partition coefficient (Wildman–Crippen LogP) is 3.52. The maximum Gasteiger partial charge on any atom is 0.127 e. The van der Waals surface area contributed by atoms with Crippen LogP contribution < -0.4 is 5.32 Å². The van der Waals surface area contributed by atoms with E-state index in [1.165, 1.54) is 0 Å². The molecule has 1 heterocycles. The van der Waals surface area contributed by atoms with Crippen LogP contribution in [-0.4, -0.2) is 16.3 Å². The first-order chi connectivity index (χ1) is 9.65. The Kier molecular flexibility index (Phi) is 4.90. The molecule has 0 aliphatic carbocycles. The molecule has 108 valence electrons. The smallest absolute Gasteiger partial charge is 0.127 e. The summed E-state index contributed by atoms with van der Waals surface area (Å²) in [6, 6.07) is 5.28. The van der Waals surface area contributed by atoms with E-state index >= 15 is 0 Å². The molecular formula is C16H22FN3. The highest BCUT2D eigenvalue weighted by molar-refractivity contribution is 5.65. The van der Waals surface area contributed by atoms with Crippen molar-refractivity contribution in [2.75, 3.05) is 6.54 Å². The zero-order valence-electron chi connectivity index (χ0n) is 12.4. The SMILES string of the molecule is CCCn1cc(-c2ccc(F)c(CNCC)c2)c(C)n1. The molecule has 3 nitrogen and oxygen atoms in total. The van der Waals surface area contributed by atoms with E-state index in [0.29, 0.717) is 12.1 Å². The highest BCUT2D eigenvalue weighted by atomic mass is 19.1. The molecule has 0 radical (unpaired) electrons. The van der Waals surface area contributed by atoms with Crippen LogP contribution in [0.2, 0.25) is 0 Å². The normalized spacial score (nSPS) is 11.0. The van der Waals surface area contributed by atoms with E-state index in [1.54, 1.807) is 6.07 Å². The lowest BCUT2D eigenvalue weighted by Gasteiger charge is -2.07. The zero-order chi connectivity index (χ0) is 14.5. The standard InChI is InChI=1S/C16H22FN3/c1-4-8-20-11-15(12(3)19-20)13-6-7-16(17)14(9-13)10-18-5-2/h6-7,9,11,18H,4-5,8,10H2,1-3H3. The van der Waals surface area contributed by atoms with Gasteiger partial charge in [-0.3, -0.25) is 4.68 Å². The van der Waals surface area contributed by atoms with Crippen LogP contribution in [0.1, 0.15) is 31.5 Å². The third-order valence-corrected chi connectivity index (χ3v) is 3.32. The topological polar surface area (TPSA) is 29.9 Å². The minimum Gasteiger partial charge on any atom is -0.313 e. The summed E-state index contributed by atoms with van der Waals surface area (Å²) in [5.41, 5.74) is 3.79. The molecule has 20 heavy (non-hydrogen) atoms. The van der Waals surface area contributed by atoms with Crippen molar-refractivity contribution in [2.24, 2.45) is 0 Å². The summed E-state index contributed by atoms with van der Waals surface area (Å²) in [5, 5.41) is 7.66. The summed E-state index contributed by atoms with van der Waals surface area (Å²) < 4.78 is 15.7. The van der Waals surface area contributed by atoms with Gasteiger partial charge in [-0.25, -0.2) is 4.39 Å². The molecule has 0 atom stereocenters. The summed E-state index contributed by atoms with van der Waals surface area (Å²) >= 11 is 0. The van der Waals surface area contributed by atoms with Crippen LogP contribution in [0, 0.1) is 12.7 Å². The van der Waals surface area contributed by atoms with Crippen LogP contribution in [0.25, 0.3) is 11.1 Å². The highest BCUT2D eigenvalue weighted by Gasteiger charge is 2.10. The molecule has 1 N–H and O–H groups in total. The zero-order valence-corrected chi connectivity index (χ0v) is 12.4. The Bertz CT molecular complexity index is 575. The third-order valence-electron chi connectivity index (χ3n) is 3.32. The molecule has 0 saturated carbocycles. The number of benzene rings is 1. The Hall–Kier alpha value is -1.68. The second-order valence-corrected chi connectivity index (χ2v) is 4.98. The summed E-state index contributed by atoms with van der Waals surface area (Å²) in [4.78, 5) is 0. The maximum absolute atomic E-state index is 13.8. The number of aryl methyl sites for hydroxylation is 2. The van der Waals surface area contributed by atoms with Gasteiger partial charge in [-0.2, -0.15) is 5.10 Å². The van der Waals surface area contributed by atoms with Crippen molar-refractivity contribution in [3.8, 4) is 11.1 Å². The molecule has 0 amide bonds. The molecule has 0 saturated heterocycles. The van der Waals surface area contributed by atoms with Crippen LogP contribution in [0.15, 0.2) is 24.4 Å². The van der Waals surface area contributed by atoms with Crippen molar-refractivity contribution < 1.29 is 4.39 Å². The molecule has 2 aromatic rings. The minimum atomic E-state index is -0.159. The van der Waals surface area contributed by atoms with Gasteiger partial charge < -0.3 is 5.32 Å². The van der Waals surface area contributed by atoms with Crippen molar-refractivity contribution in [3.05, 3.63) is 41.5 Å². The highest BCUT2D eigenvalue weighted by Crippen LogP contribution is 2.25. The van der Waals surface area contributed by atoms with E-state index in [2.05, 4.69) is 17.3 Å². The van der Waals surface area contributed by atoms with E-state index in [0.717, 1.165) is 36.3 Å². The van der Waals surface area contributed by atoms with Gasteiger partial charge in [0.05, 0.1) is 5.69 Å². The second kappa shape index (κ2) is 6.66. The van der Waals surface area contributed by atoms with Gasteiger partial charge in [0.25, 0.3) is 0 Å². The van der Waals surface area contributed by atoms with E-state index in [9.17, 15) is 4.39 Å². The number of hydrogen-bond donors (Lipinski definition) is 1. The van der Waals surface area contributed by atoms with Crippen molar-refractivity contribution >= 4 is 0 Å². The summed E-state index contributed by atoms with van der Waals surface area (Å²) in [5.74, 6) is -0.159. The average Bonchev–Trinajstić information content (AvgIpc) is 2.79. The number of nitrogens with one attached hydrogen (secondary N) is 1. The molecule has 4 heteroatoms. The fourth-order valence-corrected chi connectivity index (χ4v) is 2.28. The molecule has 0 fully saturated rings. The minimum absolute atomic E-state index is 0.159. The molecule has 0 aliphatic rings. The van der Waals surface area contributed by atoms with E-state index in [1.807, 2.05) is 36.9 Å². The predicted molar refractivity (Wildman–Crippen MR) is 80.0 cm³/mol. The van der Waals surface area contributed by atoms with E-state index < -0.39 is 0 Å². The number of aromatic nitrogens is 2. The monoisotopic (exact) mass is 275 g/mol. The first-order valence-corrected chi connectivity index (χ1v) is 7.19. The van der Waals surface area contributed by atoms with Gasteiger partial charge in [-0.1, -0.05) is 19.9 Å². The largest absolute Gasteiger partial charge is 0.313 e. The number of hydrogen-bond acceptors (Lipinski definition) is 2. The van der Waals surface area contributed by atoms with E-state index in [-0.39, 0.29) is 5.82 Å².